The Hall–Kier alpha value is -2.93. The number of aryl methyl sites for hydroxylation is 1. The van der Waals surface area contributed by atoms with E-state index < -0.39 is 5.54 Å². The van der Waals surface area contributed by atoms with Crippen LogP contribution in [0.15, 0.2) is 42.5 Å². The largest absolute Gasteiger partial charge is 0.384 e. The first-order valence-electron chi connectivity index (χ1n) is 14.6. The average molecular weight is 518 g/mol. The lowest BCUT2D eigenvalue weighted by Gasteiger charge is -2.39. The van der Waals surface area contributed by atoms with Gasteiger partial charge in [-0.15, -0.1) is 0 Å². The maximum absolute atomic E-state index is 14.2. The molecule has 2 heterocycles. The van der Waals surface area contributed by atoms with Crippen molar-refractivity contribution in [1.29, 1.82) is 0 Å². The minimum atomic E-state index is -0.698. The quantitative estimate of drug-likeness (QED) is 0.440. The number of nitrogens with two attached hydrogens (primary N) is 1. The molecule has 1 aliphatic heterocycles. The summed E-state index contributed by atoms with van der Waals surface area (Å²) in [4.78, 5) is 34.1. The van der Waals surface area contributed by atoms with Crippen molar-refractivity contribution >= 4 is 17.6 Å². The standard InChI is InChI=1S/C31H43N5O2/c1-22-25(14-15-28(32)35-22)21-34-30(38)31-20-26(31)13-8-18-36(31)29(37)27(19-24-11-6-3-7-12-24)33-17-16-23-9-4-2-5-10-23/h2,4-5,9-10,14-15,24,26-27,33H,3,6-8,11-13,16-21H2,1H3,(H2,32,35)(H,34,38)/t26-,27-,31+/m1/s1. The Kier molecular flexibility index (Phi) is 8.32. The van der Waals surface area contributed by atoms with Crippen molar-refractivity contribution in [1.82, 2.24) is 20.5 Å². The minimum Gasteiger partial charge on any atom is -0.384 e. The first-order valence-corrected chi connectivity index (χ1v) is 14.6. The van der Waals surface area contributed by atoms with Crippen molar-refractivity contribution in [2.45, 2.75) is 89.3 Å². The van der Waals surface area contributed by atoms with Gasteiger partial charge in [0.1, 0.15) is 11.4 Å². The van der Waals surface area contributed by atoms with Crippen LogP contribution >= 0.6 is 0 Å². The molecule has 1 saturated heterocycles. The van der Waals surface area contributed by atoms with E-state index in [0.29, 0.717) is 24.8 Å². The zero-order chi connectivity index (χ0) is 26.5. The maximum Gasteiger partial charge on any atom is 0.246 e. The molecule has 3 atom stereocenters. The number of piperidine rings is 1. The van der Waals surface area contributed by atoms with E-state index in [0.717, 1.165) is 49.9 Å². The van der Waals surface area contributed by atoms with Gasteiger partial charge in [0.25, 0.3) is 0 Å². The van der Waals surface area contributed by atoms with Crippen molar-refractivity contribution < 1.29 is 9.59 Å². The number of nitrogen functional groups attached to an aromatic ring is 1. The van der Waals surface area contributed by atoms with Crippen LogP contribution in [-0.2, 0) is 22.6 Å². The molecule has 2 amide bonds. The second-order valence-corrected chi connectivity index (χ2v) is 11.6. The smallest absolute Gasteiger partial charge is 0.246 e. The van der Waals surface area contributed by atoms with Crippen LogP contribution in [0.3, 0.4) is 0 Å². The number of aromatic nitrogens is 1. The molecule has 1 aromatic heterocycles. The number of pyridine rings is 1. The molecular formula is C31H43N5O2. The predicted molar refractivity (Wildman–Crippen MR) is 150 cm³/mol. The number of fused-ring (bicyclic) bond motifs is 1. The van der Waals surface area contributed by atoms with Crippen LogP contribution in [0.2, 0.25) is 0 Å². The topological polar surface area (TPSA) is 100 Å². The van der Waals surface area contributed by atoms with Crippen molar-refractivity contribution in [3.05, 3.63) is 59.3 Å². The predicted octanol–water partition coefficient (Wildman–Crippen LogP) is 4.14. The number of hydrogen-bond acceptors (Lipinski definition) is 5. The SMILES string of the molecule is Cc1nc(N)ccc1CNC(=O)[C@]12C[C@H]1CCCN2C(=O)[C@@H](CC1CCCCC1)NCCc1ccccc1. The molecule has 5 rings (SSSR count). The normalized spacial score (nSPS) is 23.9. The lowest BCUT2D eigenvalue weighted by Crippen LogP contribution is -2.59. The van der Waals surface area contributed by atoms with Gasteiger partial charge in [0.05, 0.1) is 6.04 Å². The van der Waals surface area contributed by atoms with Crippen LogP contribution in [0.25, 0.3) is 0 Å². The van der Waals surface area contributed by atoms with Gasteiger partial charge in [-0.25, -0.2) is 4.98 Å². The van der Waals surface area contributed by atoms with Gasteiger partial charge >= 0.3 is 0 Å². The number of carbonyl (C=O) groups excluding carboxylic acids is 2. The Labute approximate surface area is 227 Å². The van der Waals surface area contributed by atoms with Crippen LogP contribution in [0.1, 0.15) is 74.6 Å². The summed E-state index contributed by atoms with van der Waals surface area (Å²) in [6.07, 6.45) is 10.7. The molecule has 0 radical (unpaired) electrons. The number of nitrogens with zero attached hydrogens (tertiary/aromatic N) is 2. The van der Waals surface area contributed by atoms with Gasteiger partial charge < -0.3 is 21.3 Å². The fourth-order valence-electron chi connectivity index (χ4n) is 6.77. The molecule has 3 aliphatic rings. The molecule has 2 aromatic rings. The van der Waals surface area contributed by atoms with E-state index in [1.807, 2.05) is 24.0 Å². The maximum atomic E-state index is 14.2. The van der Waals surface area contributed by atoms with Crippen LogP contribution in [-0.4, -0.2) is 46.4 Å². The van der Waals surface area contributed by atoms with Gasteiger partial charge in [-0.1, -0.05) is 68.5 Å². The van der Waals surface area contributed by atoms with E-state index in [1.54, 1.807) is 6.07 Å². The van der Waals surface area contributed by atoms with Gasteiger partial charge in [0, 0.05) is 18.8 Å². The van der Waals surface area contributed by atoms with E-state index >= 15 is 0 Å². The lowest BCUT2D eigenvalue weighted by atomic mass is 9.84. The molecule has 2 saturated carbocycles. The van der Waals surface area contributed by atoms with Gasteiger partial charge in [-0.2, -0.15) is 0 Å². The first kappa shape index (κ1) is 26.7. The Morgan fingerprint density at radius 2 is 1.87 bits per heavy atom. The minimum absolute atomic E-state index is 0.0209. The van der Waals surface area contributed by atoms with E-state index in [1.165, 1.54) is 37.7 Å². The molecule has 0 bridgehead atoms. The number of amides is 2. The fraction of sp³-hybridized carbons (Fsp3) is 0.581. The molecule has 3 fully saturated rings. The highest BCUT2D eigenvalue weighted by Gasteiger charge is 2.66. The lowest BCUT2D eigenvalue weighted by molar-refractivity contribution is -0.146. The zero-order valence-corrected chi connectivity index (χ0v) is 22.8. The molecule has 7 heteroatoms. The van der Waals surface area contributed by atoms with Crippen molar-refractivity contribution in [3.8, 4) is 0 Å². The van der Waals surface area contributed by atoms with Crippen molar-refractivity contribution in [2.24, 2.45) is 11.8 Å². The summed E-state index contributed by atoms with van der Waals surface area (Å²) >= 11 is 0. The van der Waals surface area contributed by atoms with E-state index in [2.05, 4.69) is 39.9 Å². The van der Waals surface area contributed by atoms with Crippen molar-refractivity contribution in [2.75, 3.05) is 18.8 Å². The van der Waals surface area contributed by atoms with Gasteiger partial charge in [0.2, 0.25) is 11.8 Å². The summed E-state index contributed by atoms with van der Waals surface area (Å²) < 4.78 is 0. The number of nitrogens with one attached hydrogen (secondary N) is 2. The molecule has 0 unspecified atom stereocenters. The summed E-state index contributed by atoms with van der Waals surface area (Å²) in [7, 11) is 0. The number of anilines is 1. The summed E-state index contributed by atoms with van der Waals surface area (Å²) in [5.41, 5.74) is 8.14. The molecular weight excluding hydrogens is 474 g/mol. The molecule has 2 aliphatic carbocycles. The average Bonchev–Trinajstić information content (AvgIpc) is 3.69. The third-order valence-corrected chi connectivity index (χ3v) is 9.04. The number of rotatable bonds is 10. The van der Waals surface area contributed by atoms with Crippen molar-refractivity contribution in [3.63, 3.8) is 0 Å². The van der Waals surface area contributed by atoms with E-state index in [4.69, 9.17) is 5.73 Å². The Balaban J connectivity index is 1.28. The summed E-state index contributed by atoms with van der Waals surface area (Å²) in [5, 5.41) is 6.78. The van der Waals surface area contributed by atoms with Gasteiger partial charge in [-0.3, -0.25) is 9.59 Å². The second-order valence-electron chi connectivity index (χ2n) is 11.6. The van der Waals surface area contributed by atoms with E-state index in [9.17, 15) is 9.59 Å². The number of hydrogen-bond donors (Lipinski definition) is 3. The van der Waals surface area contributed by atoms with Crippen LogP contribution in [0.4, 0.5) is 5.82 Å². The first-order chi connectivity index (χ1) is 18.5. The highest BCUT2D eigenvalue weighted by molar-refractivity contribution is 5.96. The molecule has 4 N–H and O–H groups in total. The summed E-state index contributed by atoms with van der Waals surface area (Å²) in [6, 6.07) is 13.9. The number of benzene rings is 1. The van der Waals surface area contributed by atoms with Crippen LogP contribution in [0.5, 0.6) is 0 Å². The molecule has 38 heavy (non-hydrogen) atoms. The fourth-order valence-corrected chi connectivity index (χ4v) is 6.77. The Morgan fingerprint density at radius 3 is 2.63 bits per heavy atom. The summed E-state index contributed by atoms with van der Waals surface area (Å²) in [6.45, 7) is 3.72. The highest BCUT2D eigenvalue weighted by Crippen LogP contribution is 2.54. The third kappa shape index (κ3) is 5.88. The molecule has 1 aromatic carbocycles. The Bertz CT molecular complexity index is 1120. The molecule has 0 spiro atoms. The second kappa shape index (κ2) is 11.9. The molecule has 204 valence electrons. The van der Waals surface area contributed by atoms with Crippen LogP contribution < -0.4 is 16.4 Å². The van der Waals surface area contributed by atoms with Crippen LogP contribution in [0, 0.1) is 18.8 Å². The van der Waals surface area contributed by atoms with Gasteiger partial charge in [0.15, 0.2) is 0 Å². The number of carbonyl (C=O) groups is 2. The number of likely N-dealkylation sites (tertiary alicyclic amines) is 1. The van der Waals surface area contributed by atoms with Gasteiger partial charge in [-0.05, 0) is 74.6 Å². The zero-order valence-electron chi connectivity index (χ0n) is 22.8. The summed E-state index contributed by atoms with van der Waals surface area (Å²) in [5.74, 6) is 1.41. The highest BCUT2D eigenvalue weighted by atomic mass is 16.2. The third-order valence-electron chi connectivity index (χ3n) is 9.04. The van der Waals surface area contributed by atoms with E-state index in [-0.39, 0.29) is 23.8 Å². The molecule has 7 nitrogen and oxygen atoms in total. The Morgan fingerprint density at radius 1 is 1.08 bits per heavy atom. The monoisotopic (exact) mass is 517 g/mol.